The van der Waals surface area contributed by atoms with Gasteiger partial charge >= 0.3 is 0 Å². The van der Waals surface area contributed by atoms with Crippen LogP contribution in [-0.2, 0) is 32.0 Å². The maximum Gasteiger partial charge on any atom is 0.227 e. The fourth-order valence-electron chi connectivity index (χ4n) is 2.28. The van der Waals surface area contributed by atoms with Crippen LogP contribution < -0.4 is 0 Å². The number of carbonyl (C=O) groups excluding carboxylic acids is 2. The molecule has 0 aromatic heterocycles. The van der Waals surface area contributed by atoms with Gasteiger partial charge in [0.1, 0.15) is 11.4 Å². The van der Waals surface area contributed by atoms with Crippen molar-refractivity contribution in [2.24, 2.45) is 0 Å². The number of rotatable bonds is 3. The van der Waals surface area contributed by atoms with E-state index in [0.717, 1.165) is 39.3 Å². The number of ketones is 2. The molecule has 107 valence electrons. The Balaban J connectivity index is 0.000000667. The summed E-state index contributed by atoms with van der Waals surface area (Å²) in [7, 11) is 0. The van der Waals surface area contributed by atoms with Gasteiger partial charge in [-0.15, -0.1) is 12.4 Å². The summed E-state index contributed by atoms with van der Waals surface area (Å²) in [6.07, 6.45) is 1.52. The molecule has 3 fully saturated rings. The van der Waals surface area contributed by atoms with Gasteiger partial charge in [-0.25, -0.2) is 0 Å². The van der Waals surface area contributed by atoms with E-state index in [1.807, 2.05) is 14.7 Å². The molecule has 3 heterocycles. The Morgan fingerprint density at radius 3 is 1.74 bits per heavy atom. The number of nitrogens with zero attached hydrogens (tertiary/aromatic N) is 3. The molecule has 0 atom stereocenters. The van der Waals surface area contributed by atoms with E-state index in [1.165, 1.54) is 6.08 Å². The summed E-state index contributed by atoms with van der Waals surface area (Å²) in [6, 6.07) is 0. The third kappa shape index (κ3) is 2.48. The van der Waals surface area contributed by atoms with Gasteiger partial charge in [-0.3, -0.25) is 9.59 Å². The molecule has 4 rings (SSSR count). The second-order valence-electron chi connectivity index (χ2n) is 4.88. The first-order chi connectivity index (χ1) is 8.25. The van der Waals surface area contributed by atoms with Crippen LogP contribution in [0.5, 0.6) is 0 Å². The summed E-state index contributed by atoms with van der Waals surface area (Å²) in [5.41, 5.74) is 1.89. The zero-order valence-electron chi connectivity index (χ0n) is 10.2. The van der Waals surface area contributed by atoms with E-state index in [9.17, 15) is 9.59 Å². The minimum absolute atomic E-state index is 0. The summed E-state index contributed by atoms with van der Waals surface area (Å²) in [5.74, 6) is 0.0485. The maximum atomic E-state index is 12.4. The molecule has 0 unspecified atom stereocenters. The van der Waals surface area contributed by atoms with Crippen LogP contribution in [0.4, 0.5) is 0 Å². The van der Waals surface area contributed by atoms with E-state index in [2.05, 4.69) is 0 Å². The van der Waals surface area contributed by atoms with Gasteiger partial charge in [0.25, 0.3) is 0 Å². The van der Waals surface area contributed by atoms with Crippen molar-refractivity contribution >= 4 is 24.0 Å². The third-order valence-corrected chi connectivity index (χ3v) is 3.49. The Labute approximate surface area is 133 Å². The summed E-state index contributed by atoms with van der Waals surface area (Å²) < 4.78 is 0. The smallest absolute Gasteiger partial charge is 0.227 e. The number of halogens is 1. The van der Waals surface area contributed by atoms with Crippen molar-refractivity contribution in [1.82, 2.24) is 14.7 Å². The van der Waals surface area contributed by atoms with Gasteiger partial charge in [-0.2, -0.15) is 0 Å². The molecular formula is C12H14AuClN3O2. The molecule has 0 spiro atoms. The van der Waals surface area contributed by atoms with Crippen LogP contribution >= 0.6 is 12.4 Å². The van der Waals surface area contributed by atoms with Crippen LogP contribution in [0.25, 0.3) is 0 Å². The van der Waals surface area contributed by atoms with Crippen LogP contribution in [0.3, 0.4) is 0 Å². The quantitative estimate of drug-likeness (QED) is 0.323. The largest absolute Gasteiger partial charge is 0.365 e. The molecule has 0 aromatic rings. The first kappa shape index (κ1) is 14.7. The van der Waals surface area contributed by atoms with E-state index >= 15 is 0 Å². The van der Waals surface area contributed by atoms with Crippen molar-refractivity contribution in [2.45, 2.75) is 0 Å². The topological polar surface area (TPSA) is 43.2 Å². The first-order valence-corrected chi connectivity index (χ1v) is 6.05. The molecule has 0 saturated carbocycles. The summed E-state index contributed by atoms with van der Waals surface area (Å²) in [6.45, 7) is 5.41. The molecular weight excluding hydrogens is 451 g/mol. The number of carbonyl (C=O) groups is 2. The van der Waals surface area contributed by atoms with Crippen molar-refractivity contribution in [2.75, 3.05) is 39.3 Å². The normalized spacial score (nSPS) is 23.8. The number of Topliss-reactive ketones (excluding diaryl/α,β-unsaturated/α-hetero) is 1. The molecule has 1 aliphatic carbocycles. The monoisotopic (exact) mass is 464 g/mol. The van der Waals surface area contributed by atoms with Crippen molar-refractivity contribution in [1.29, 1.82) is 0 Å². The van der Waals surface area contributed by atoms with Crippen LogP contribution in [0.15, 0.2) is 23.2 Å². The van der Waals surface area contributed by atoms with Gasteiger partial charge in [0.05, 0.1) is 5.70 Å². The Morgan fingerprint density at radius 2 is 1.26 bits per heavy atom. The van der Waals surface area contributed by atoms with Crippen molar-refractivity contribution in [3.05, 3.63) is 23.2 Å². The molecule has 3 aliphatic heterocycles. The van der Waals surface area contributed by atoms with Gasteiger partial charge in [0.15, 0.2) is 0 Å². The standard InChI is InChI=1S/C12H13N3O2.Au.ClH/c16-9-7-8(13-1-2-13)12(17)11(15-5-6-15)10(9)14-3-4-14;;/h7H,1-6H2;;1H. The van der Waals surface area contributed by atoms with Crippen molar-refractivity contribution in [3.8, 4) is 0 Å². The Kier molecular flexibility index (Phi) is 3.84. The van der Waals surface area contributed by atoms with E-state index in [4.69, 9.17) is 0 Å². The molecule has 1 radical (unpaired) electrons. The fraction of sp³-hybridized carbons (Fsp3) is 0.500. The van der Waals surface area contributed by atoms with Crippen LogP contribution in [0.1, 0.15) is 0 Å². The molecule has 7 heteroatoms. The number of hydrogen-bond donors (Lipinski definition) is 0. The first-order valence-electron chi connectivity index (χ1n) is 6.05. The van der Waals surface area contributed by atoms with E-state index in [-0.39, 0.29) is 46.4 Å². The zero-order valence-corrected chi connectivity index (χ0v) is 13.2. The number of hydrogen-bond acceptors (Lipinski definition) is 5. The van der Waals surface area contributed by atoms with Gasteiger partial charge in [-0.05, 0) is 0 Å². The minimum atomic E-state index is 0. The minimum Gasteiger partial charge on any atom is -0.365 e. The third-order valence-electron chi connectivity index (χ3n) is 3.49. The summed E-state index contributed by atoms with van der Waals surface area (Å²) in [4.78, 5) is 30.5. The molecule has 0 amide bonds. The van der Waals surface area contributed by atoms with Gasteiger partial charge in [0, 0.05) is 67.7 Å². The second kappa shape index (κ2) is 4.98. The average Bonchev–Trinajstić information content (AvgIpc) is 3.13. The molecule has 0 bridgehead atoms. The van der Waals surface area contributed by atoms with E-state index in [1.54, 1.807) is 0 Å². The predicted molar refractivity (Wildman–Crippen MR) is 67.1 cm³/mol. The van der Waals surface area contributed by atoms with Crippen molar-refractivity contribution in [3.63, 3.8) is 0 Å². The Morgan fingerprint density at radius 1 is 0.789 bits per heavy atom. The molecule has 5 nitrogen and oxygen atoms in total. The average molecular weight is 465 g/mol. The van der Waals surface area contributed by atoms with Gasteiger partial charge in [0.2, 0.25) is 11.6 Å². The predicted octanol–water partition coefficient (Wildman–Crippen LogP) is -0.400. The van der Waals surface area contributed by atoms with Crippen LogP contribution in [0, 0.1) is 0 Å². The van der Waals surface area contributed by atoms with Gasteiger partial charge < -0.3 is 14.7 Å². The maximum absolute atomic E-state index is 12.4. The zero-order chi connectivity index (χ0) is 11.6. The van der Waals surface area contributed by atoms with Crippen LogP contribution in [0.2, 0.25) is 0 Å². The second-order valence-corrected chi connectivity index (χ2v) is 4.88. The molecule has 0 N–H and O–H groups in total. The number of allylic oxidation sites excluding steroid dienone is 1. The summed E-state index contributed by atoms with van der Waals surface area (Å²) in [5, 5.41) is 0. The Hall–Kier alpha value is -0.750. The van der Waals surface area contributed by atoms with E-state index in [0.29, 0.717) is 17.1 Å². The molecule has 0 aromatic carbocycles. The van der Waals surface area contributed by atoms with Gasteiger partial charge in [-0.1, -0.05) is 0 Å². The Bertz CT molecular complexity index is 505. The van der Waals surface area contributed by atoms with Crippen molar-refractivity contribution < 1.29 is 32.0 Å². The SMILES string of the molecule is Cl.O=C1C=C(N2CC2)C(=O)C(N2CC2)=C1N1CC1.[Au]. The summed E-state index contributed by atoms with van der Waals surface area (Å²) >= 11 is 0. The van der Waals surface area contributed by atoms with Crippen LogP contribution in [-0.4, -0.2) is 65.5 Å². The molecule has 19 heavy (non-hydrogen) atoms. The molecule has 4 aliphatic rings. The fourth-order valence-corrected chi connectivity index (χ4v) is 2.28. The van der Waals surface area contributed by atoms with E-state index < -0.39 is 0 Å². The molecule has 3 saturated heterocycles.